The zero-order chi connectivity index (χ0) is 28.5. The van der Waals surface area contributed by atoms with E-state index in [0.29, 0.717) is 10.7 Å². The standard InChI is InChI=1S/C28H22Cl2F3NO5/c1-27(2,3)15-4-7-17(8-5-15)38-25-24(36)19-10-9-18(13-22(19)39-26(25)28(31,32)33)37-14-23(35)34-16-6-11-20(29)21(30)12-16/h4-13H,14H2,1-3H3,(H,34,35). The van der Waals surface area contributed by atoms with E-state index in [9.17, 15) is 22.8 Å². The number of halogens is 5. The fourth-order valence-corrected chi connectivity index (χ4v) is 3.88. The van der Waals surface area contributed by atoms with E-state index >= 15 is 0 Å². The number of alkyl halides is 3. The van der Waals surface area contributed by atoms with Gasteiger partial charge in [0, 0.05) is 11.8 Å². The van der Waals surface area contributed by atoms with Crippen molar-refractivity contribution in [3.63, 3.8) is 0 Å². The Bertz CT molecular complexity index is 1590. The number of anilines is 1. The number of carbonyl (C=O) groups excluding carboxylic acids is 1. The molecule has 39 heavy (non-hydrogen) atoms. The SMILES string of the molecule is CC(C)(C)c1ccc(Oc2c(C(F)(F)F)oc3cc(OCC(=O)Nc4ccc(Cl)c(Cl)c4)ccc3c2=O)cc1. The highest BCUT2D eigenvalue weighted by Crippen LogP contribution is 2.39. The number of carbonyl (C=O) groups is 1. The lowest BCUT2D eigenvalue weighted by Crippen LogP contribution is -2.20. The second kappa shape index (κ2) is 10.8. The van der Waals surface area contributed by atoms with E-state index in [-0.39, 0.29) is 32.9 Å². The molecule has 0 aliphatic carbocycles. The van der Waals surface area contributed by atoms with Gasteiger partial charge in [0.2, 0.25) is 11.2 Å². The summed E-state index contributed by atoms with van der Waals surface area (Å²) >= 11 is 11.8. The predicted octanol–water partition coefficient (Wildman–Crippen LogP) is 8.23. The van der Waals surface area contributed by atoms with Gasteiger partial charge in [-0.2, -0.15) is 13.2 Å². The fourth-order valence-electron chi connectivity index (χ4n) is 3.59. The molecule has 1 heterocycles. The molecule has 1 N–H and O–H groups in total. The van der Waals surface area contributed by atoms with Gasteiger partial charge in [-0.1, -0.05) is 56.1 Å². The minimum Gasteiger partial charge on any atom is -0.484 e. The van der Waals surface area contributed by atoms with Gasteiger partial charge in [0.05, 0.1) is 15.4 Å². The summed E-state index contributed by atoms with van der Waals surface area (Å²) < 4.78 is 57.5. The maximum absolute atomic E-state index is 13.9. The van der Waals surface area contributed by atoms with Crippen molar-refractivity contribution in [2.24, 2.45) is 0 Å². The monoisotopic (exact) mass is 579 g/mol. The number of hydrogen-bond donors (Lipinski definition) is 1. The van der Waals surface area contributed by atoms with Gasteiger partial charge < -0.3 is 19.2 Å². The van der Waals surface area contributed by atoms with E-state index in [4.69, 9.17) is 37.1 Å². The summed E-state index contributed by atoms with van der Waals surface area (Å²) in [6.07, 6.45) is -5.02. The maximum Gasteiger partial charge on any atom is 0.453 e. The van der Waals surface area contributed by atoms with Crippen LogP contribution >= 0.6 is 23.2 Å². The lowest BCUT2D eigenvalue weighted by Gasteiger charge is -2.19. The van der Waals surface area contributed by atoms with Crippen LogP contribution in [0.2, 0.25) is 10.0 Å². The van der Waals surface area contributed by atoms with Gasteiger partial charge in [-0.05, 0) is 53.4 Å². The maximum atomic E-state index is 13.9. The Kier molecular flexibility index (Phi) is 7.86. The number of nitrogens with one attached hydrogen (secondary N) is 1. The Balaban J connectivity index is 1.58. The van der Waals surface area contributed by atoms with Gasteiger partial charge in [0.1, 0.15) is 17.1 Å². The van der Waals surface area contributed by atoms with Crippen molar-refractivity contribution in [1.29, 1.82) is 0 Å². The molecule has 0 aliphatic heterocycles. The molecule has 4 rings (SSSR count). The van der Waals surface area contributed by atoms with Crippen molar-refractivity contribution < 1.29 is 31.9 Å². The lowest BCUT2D eigenvalue weighted by molar-refractivity contribution is -0.154. The van der Waals surface area contributed by atoms with E-state index in [2.05, 4.69) is 5.32 Å². The minimum atomic E-state index is -5.02. The van der Waals surface area contributed by atoms with Crippen LogP contribution in [0, 0.1) is 0 Å². The molecule has 1 aromatic heterocycles. The van der Waals surface area contributed by atoms with Crippen LogP contribution in [0.25, 0.3) is 11.0 Å². The molecule has 0 atom stereocenters. The van der Waals surface area contributed by atoms with Crippen molar-refractivity contribution >= 4 is 45.8 Å². The first kappa shape index (κ1) is 28.3. The lowest BCUT2D eigenvalue weighted by atomic mass is 9.87. The largest absolute Gasteiger partial charge is 0.484 e. The van der Waals surface area contributed by atoms with E-state index in [0.717, 1.165) is 11.6 Å². The smallest absolute Gasteiger partial charge is 0.453 e. The van der Waals surface area contributed by atoms with Crippen LogP contribution in [0.4, 0.5) is 18.9 Å². The Labute approximate surface area is 231 Å². The Morgan fingerprint density at radius 3 is 2.21 bits per heavy atom. The average molecular weight is 580 g/mol. The third kappa shape index (κ3) is 6.66. The van der Waals surface area contributed by atoms with Gasteiger partial charge in [0.15, 0.2) is 6.61 Å². The Hall–Kier alpha value is -3.69. The molecular weight excluding hydrogens is 558 g/mol. The Morgan fingerprint density at radius 1 is 0.923 bits per heavy atom. The van der Waals surface area contributed by atoms with Gasteiger partial charge >= 0.3 is 6.18 Å². The molecule has 204 valence electrons. The van der Waals surface area contributed by atoms with E-state index in [1.165, 1.54) is 42.5 Å². The highest BCUT2D eigenvalue weighted by atomic mass is 35.5. The third-order valence-electron chi connectivity index (χ3n) is 5.59. The summed E-state index contributed by atoms with van der Waals surface area (Å²) in [7, 11) is 0. The quantitative estimate of drug-likeness (QED) is 0.249. The summed E-state index contributed by atoms with van der Waals surface area (Å²) in [6, 6.07) is 14.6. The van der Waals surface area contributed by atoms with Crippen molar-refractivity contribution in [2.75, 3.05) is 11.9 Å². The zero-order valence-corrected chi connectivity index (χ0v) is 22.4. The van der Waals surface area contributed by atoms with Crippen molar-refractivity contribution in [3.8, 4) is 17.2 Å². The molecule has 0 saturated heterocycles. The molecule has 6 nitrogen and oxygen atoms in total. The number of benzene rings is 3. The first-order chi connectivity index (χ1) is 18.2. The van der Waals surface area contributed by atoms with Crippen LogP contribution in [0.15, 0.2) is 69.9 Å². The molecule has 3 aromatic carbocycles. The van der Waals surface area contributed by atoms with Crippen LogP contribution in [0.1, 0.15) is 32.1 Å². The fraction of sp³-hybridized carbons (Fsp3) is 0.214. The molecular formula is C28H22Cl2F3NO5. The summed E-state index contributed by atoms with van der Waals surface area (Å²) in [5.74, 6) is -3.07. The molecule has 0 aliphatic rings. The average Bonchev–Trinajstić information content (AvgIpc) is 2.85. The number of ether oxygens (including phenoxy) is 2. The molecule has 4 aromatic rings. The van der Waals surface area contributed by atoms with Crippen molar-refractivity contribution in [1.82, 2.24) is 0 Å². The van der Waals surface area contributed by atoms with Crippen molar-refractivity contribution in [3.05, 3.63) is 92.3 Å². The number of hydrogen-bond acceptors (Lipinski definition) is 5. The van der Waals surface area contributed by atoms with Crippen LogP contribution < -0.4 is 20.2 Å². The molecule has 0 saturated carbocycles. The molecule has 0 fully saturated rings. The summed E-state index contributed by atoms with van der Waals surface area (Å²) in [5.41, 5.74) is -0.258. The van der Waals surface area contributed by atoms with Gasteiger partial charge in [-0.25, -0.2) is 0 Å². The summed E-state index contributed by atoms with van der Waals surface area (Å²) in [6.45, 7) is 5.49. The van der Waals surface area contributed by atoms with Crippen LogP contribution in [-0.2, 0) is 16.4 Å². The molecule has 11 heteroatoms. The van der Waals surface area contributed by atoms with Crippen molar-refractivity contribution in [2.45, 2.75) is 32.4 Å². The normalized spacial score (nSPS) is 11.9. The third-order valence-corrected chi connectivity index (χ3v) is 6.33. The predicted molar refractivity (Wildman–Crippen MR) is 143 cm³/mol. The van der Waals surface area contributed by atoms with Gasteiger partial charge in [-0.3, -0.25) is 9.59 Å². The first-order valence-electron chi connectivity index (χ1n) is 11.6. The van der Waals surface area contributed by atoms with E-state index in [1.807, 2.05) is 20.8 Å². The van der Waals surface area contributed by atoms with Crippen LogP contribution in [-0.4, -0.2) is 12.5 Å². The molecule has 0 spiro atoms. The first-order valence-corrected chi connectivity index (χ1v) is 12.3. The number of amides is 1. The van der Waals surface area contributed by atoms with E-state index < -0.39 is 35.6 Å². The van der Waals surface area contributed by atoms with Crippen LogP contribution in [0.3, 0.4) is 0 Å². The Morgan fingerprint density at radius 2 is 1.59 bits per heavy atom. The second-order valence-corrected chi connectivity index (χ2v) is 10.4. The molecule has 1 amide bonds. The zero-order valence-electron chi connectivity index (χ0n) is 20.9. The van der Waals surface area contributed by atoms with Gasteiger partial charge in [0.25, 0.3) is 11.7 Å². The molecule has 0 bridgehead atoms. The summed E-state index contributed by atoms with van der Waals surface area (Å²) in [4.78, 5) is 25.3. The summed E-state index contributed by atoms with van der Waals surface area (Å²) in [5, 5.41) is 2.95. The highest BCUT2D eigenvalue weighted by molar-refractivity contribution is 6.42. The highest BCUT2D eigenvalue weighted by Gasteiger charge is 2.40. The van der Waals surface area contributed by atoms with E-state index in [1.54, 1.807) is 12.1 Å². The minimum absolute atomic E-state index is 0.00880. The second-order valence-electron chi connectivity index (χ2n) is 9.59. The van der Waals surface area contributed by atoms with Crippen LogP contribution in [0.5, 0.6) is 17.2 Å². The topological polar surface area (TPSA) is 77.8 Å². The number of fused-ring (bicyclic) bond motifs is 1. The molecule has 0 radical (unpaired) electrons. The molecule has 0 unspecified atom stereocenters. The van der Waals surface area contributed by atoms with Gasteiger partial charge in [-0.15, -0.1) is 0 Å². The number of rotatable bonds is 6.